The number of rotatable bonds is 9. The van der Waals surface area contributed by atoms with Crippen molar-refractivity contribution in [3.05, 3.63) is 82.1 Å². The van der Waals surface area contributed by atoms with Gasteiger partial charge < -0.3 is 24.9 Å². The summed E-state index contributed by atoms with van der Waals surface area (Å²) in [4.78, 5) is 34.1. The average Bonchev–Trinajstić information content (AvgIpc) is 2.83. The van der Waals surface area contributed by atoms with Crippen molar-refractivity contribution in [3.63, 3.8) is 0 Å². The van der Waals surface area contributed by atoms with Crippen LogP contribution in [0.2, 0.25) is 10.0 Å². The van der Waals surface area contributed by atoms with Crippen molar-refractivity contribution >= 4 is 52.7 Å². The van der Waals surface area contributed by atoms with Gasteiger partial charge in [0.05, 0.1) is 34.7 Å². The van der Waals surface area contributed by atoms with E-state index in [-0.39, 0.29) is 51.6 Å². The van der Waals surface area contributed by atoms with Crippen LogP contribution >= 0.6 is 23.2 Å². The van der Waals surface area contributed by atoms with Crippen LogP contribution in [-0.2, 0) is 4.79 Å². The topological polar surface area (TPSA) is 107 Å². The molecule has 11 heteroatoms. The van der Waals surface area contributed by atoms with E-state index in [0.717, 1.165) is 11.3 Å². The number of nitrogens with zero attached hydrogens (tertiary/aromatic N) is 3. The SMILES string of the molecule is COc1cc(N(C)c2ccc(/C=C/CC(NC(=O)c3c(Cl)cccc3Cl)C(=O)[O-])cc2)ncn1.[Na+]. The third-order valence-electron chi connectivity index (χ3n) is 4.92. The number of carbonyl (C=O) groups is 2. The van der Waals surface area contributed by atoms with E-state index in [1.807, 2.05) is 36.2 Å². The zero-order valence-corrected chi connectivity index (χ0v) is 22.9. The van der Waals surface area contributed by atoms with Gasteiger partial charge in [-0.05, 0) is 36.2 Å². The summed E-state index contributed by atoms with van der Waals surface area (Å²) in [5.41, 5.74) is 1.74. The number of nitrogens with one attached hydrogen (secondary N) is 1. The zero-order valence-electron chi connectivity index (χ0n) is 19.4. The normalized spacial score (nSPS) is 11.4. The van der Waals surface area contributed by atoms with E-state index in [1.54, 1.807) is 24.3 Å². The molecule has 0 aliphatic rings. The summed E-state index contributed by atoms with van der Waals surface area (Å²) in [6.45, 7) is 0. The fourth-order valence-corrected chi connectivity index (χ4v) is 3.63. The minimum atomic E-state index is -1.42. The van der Waals surface area contributed by atoms with Gasteiger partial charge in [-0.3, -0.25) is 4.79 Å². The molecule has 0 bridgehead atoms. The molecule has 8 nitrogen and oxygen atoms in total. The van der Waals surface area contributed by atoms with Crippen molar-refractivity contribution in [3.8, 4) is 5.88 Å². The van der Waals surface area contributed by atoms with Gasteiger partial charge in [0.1, 0.15) is 12.1 Å². The number of amides is 1. The standard InChI is InChI=1S/C24H22Cl2N4O4.Na/c1-30(20-13-21(34-2)28-14-27-20)16-11-9-15(10-12-16)5-3-8-19(24(32)33)29-23(31)22-17(25)6-4-7-18(22)26;/h3-7,9-14,19H,8H2,1-2H3,(H,29,31)(H,32,33);/q;+1/p-1/b5-3+;. The van der Waals surface area contributed by atoms with Gasteiger partial charge in [-0.1, -0.05) is 53.6 Å². The van der Waals surface area contributed by atoms with Crippen LogP contribution in [0.25, 0.3) is 6.08 Å². The first-order valence-electron chi connectivity index (χ1n) is 10.1. The summed E-state index contributed by atoms with van der Waals surface area (Å²) >= 11 is 12.0. The number of carboxylic acids is 1. The van der Waals surface area contributed by atoms with E-state index in [9.17, 15) is 14.7 Å². The van der Waals surface area contributed by atoms with Crippen LogP contribution in [0.4, 0.5) is 11.5 Å². The molecule has 3 rings (SSSR count). The van der Waals surface area contributed by atoms with Crippen LogP contribution in [0, 0.1) is 0 Å². The number of anilines is 2. The van der Waals surface area contributed by atoms with Gasteiger partial charge in [0, 0.05) is 18.8 Å². The molecule has 1 aromatic heterocycles. The van der Waals surface area contributed by atoms with Crippen LogP contribution in [0.3, 0.4) is 0 Å². The van der Waals surface area contributed by atoms with Crippen LogP contribution in [0.5, 0.6) is 5.88 Å². The summed E-state index contributed by atoms with van der Waals surface area (Å²) in [6, 6.07) is 12.6. The van der Waals surface area contributed by atoms with Gasteiger partial charge in [0.15, 0.2) is 0 Å². The Bertz CT molecular complexity index is 1190. The summed E-state index contributed by atoms with van der Waals surface area (Å²) < 4.78 is 5.13. The van der Waals surface area contributed by atoms with E-state index in [1.165, 1.54) is 25.6 Å². The Hall–Kier alpha value is -2.62. The Balaban J connectivity index is 0.00000432. The molecule has 3 aromatic rings. The van der Waals surface area contributed by atoms with Crippen molar-refractivity contribution in [1.82, 2.24) is 15.3 Å². The number of aromatic nitrogens is 2. The maximum Gasteiger partial charge on any atom is 1.00 e. The van der Waals surface area contributed by atoms with Crippen LogP contribution < -0.4 is 49.6 Å². The molecule has 0 aliphatic heterocycles. The molecular formula is C24H21Cl2N4NaO4. The molecule has 0 radical (unpaired) electrons. The van der Waals surface area contributed by atoms with E-state index < -0.39 is 17.9 Å². The Morgan fingerprint density at radius 1 is 1.14 bits per heavy atom. The van der Waals surface area contributed by atoms with Gasteiger partial charge in [-0.25, -0.2) is 9.97 Å². The molecule has 1 unspecified atom stereocenters. The van der Waals surface area contributed by atoms with Crippen molar-refractivity contribution in [2.75, 3.05) is 19.1 Å². The molecule has 0 saturated carbocycles. The number of methoxy groups -OCH3 is 1. The predicted molar refractivity (Wildman–Crippen MR) is 129 cm³/mol. The molecule has 0 saturated heterocycles. The molecule has 1 heterocycles. The van der Waals surface area contributed by atoms with Gasteiger partial charge in [0.25, 0.3) is 5.91 Å². The van der Waals surface area contributed by atoms with E-state index in [2.05, 4.69) is 15.3 Å². The number of ether oxygens (including phenoxy) is 1. The molecule has 0 fully saturated rings. The largest absolute Gasteiger partial charge is 1.00 e. The second kappa shape index (κ2) is 13.5. The number of halogens is 2. The predicted octanol–water partition coefficient (Wildman–Crippen LogP) is 0.516. The second-order valence-corrected chi connectivity index (χ2v) is 7.96. The number of hydrogen-bond donors (Lipinski definition) is 1. The van der Waals surface area contributed by atoms with E-state index in [4.69, 9.17) is 27.9 Å². The van der Waals surface area contributed by atoms with Crippen LogP contribution in [0.15, 0.2) is 60.9 Å². The van der Waals surface area contributed by atoms with Crippen molar-refractivity contribution < 1.29 is 49.0 Å². The minimum Gasteiger partial charge on any atom is -0.548 e. The summed E-state index contributed by atoms with van der Waals surface area (Å²) in [5, 5.41) is 14.2. The molecule has 2 aromatic carbocycles. The van der Waals surface area contributed by atoms with Crippen molar-refractivity contribution in [2.24, 2.45) is 0 Å². The van der Waals surface area contributed by atoms with Gasteiger partial charge in [0.2, 0.25) is 5.88 Å². The Morgan fingerprint density at radius 2 is 1.80 bits per heavy atom. The Kier molecular flexibility index (Phi) is 11.0. The van der Waals surface area contributed by atoms with Crippen molar-refractivity contribution in [1.29, 1.82) is 0 Å². The molecular weight excluding hydrogens is 502 g/mol. The van der Waals surface area contributed by atoms with Gasteiger partial charge in [-0.15, -0.1) is 0 Å². The average molecular weight is 523 g/mol. The molecule has 0 aliphatic carbocycles. The summed E-state index contributed by atoms with van der Waals surface area (Å²) in [6.07, 6.45) is 4.83. The number of aliphatic carboxylic acids is 1. The number of benzene rings is 2. The maximum atomic E-state index is 12.5. The van der Waals surface area contributed by atoms with E-state index >= 15 is 0 Å². The quantitative estimate of drug-likeness (QED) is 0.408. The number of hydrogen-bond acceptors (Lipinski definition) is 7. The molecule has 1 atom stereocenters. The maximum absolute atomic E-state index is 12.5. The van der Waals surface area contributed by atoms with Gasteiger partial charge in [-0.2, -0.15) is 0 Å². The first kappa shape index (κ1) is 28.6. The second-order valence-electron chi connectivity index (χ2n) is 7.15. The third-order valence-corrected chi connectivity index (χ3v) is 5.55. The molecule has 176 valence electrons. The molecule has 35 heavy (non-hydrogen) atoms. The van der Waals surface area contributed by atoms with Gasteiger partial charge >= 0.3 is 29.6 Å². The first-order chi connectivity index (χ1) is 16.3. The first-order valence-corrected chi connectivity index (χ1v) is 10.9. The monoisotopic (exact) mass is 522 g/mol. The minimum absolute atomic E-state index is 0. The number of carboxylic acid groups (broad SMARTS) is 1. The summed E-state index contributed by atoms with van der Waals surface area (Å²) in [7, 11) is 3.40. The van der Waals surface area contributed by atoms with Crippen LogP contribution in [0.1, 0.15) is 22.3 Å². The van der Waals surface area contributed by atoms with Crippen molar-refractivity contribution in [2.45, 2.75) is 12.5 Å². The molecule has 0 spiro atoms. The molecule has 1 N–H and O–H groups in total. The summed E-state index contributed by atoms with van der Waals surface area (Å²) in [5.74, 6) is -0.977. The Morgan fingerprint density at radius 3 is 2.40 bits per heavy atom. The zero-order chi connectivity index (χ0) is 24.7. The Labute approximate surface area is 235 Å². The van der Waals surface area contributed by atoms with Crippen LogP contribution in [-0.4, -0.2) is 42.0 Å². The third kappa shape index (κ3) is 7.68. The molecule has 1 amide bonds. The van der Waals surface area contributed by atoms with E-state index in [0.29, 0.717) is 11.7 Å². The fourth-order valence-electron chi connectivity index (χ4n) is 3.07. The number of carbonyl (C=O) groups excluding carboxylic acids is 2. The smallest absolute Gasteiger partial charge is 0.548 e. The fraction of sp³-hybridized carbons (Fsp3) is 0.167.